The van der Waals surface area contributed by atoms with Crippen molar-refractivity contribution in [2.24, 2.45) is 0 Å². The minimum Gasteiger partial charge on any atom is -0.493 e. The Morgan fingerprint density at radius 1 is 1.18 bits per heavy atom. The average Bonchev–Trinajstić information content (AvgIpc) is 2.94. The van der Waals surface area contributed by atoms with Crippen molar-refractivity contribution in [1.82, 2.24) is 19.6 Å². The quantitative estimate of drug-likeness (QED) is 0.733. The average molecular weight is 300 g/mol. The highest BCUT2D eigenvalue weighted by Gasteiger charge is 2.09. The van der Waals surface area contributed by atoms with Crippen LogP contribution in [0, 0.1) is 0 Å². The van der Waals surface area contributed by atoms with Crippen LogP contribution < -0.4 is 20.5 Å². The van der Waals surface area contributed by atoms with Crippen molar-refractivity contribution in [3.8, 4) is 11.5 Å². The molecule has 0 bridgehead atoms. The van der Waals surface area contributed by atoms with Crippen LogP contribution in [0.1, 0.15) is 5.56 Å². The van der Waals surface area contributed by atoms with Crippen LogP contribution in [0.5, 0.6) is 11.5 Å². The predicted molar refractivity (Wildman–Crippen MR) is 82.1 cm³/mol. The zero-order valence-corrected chi connectivity index (χ0v) is 12.3. The normalized spacial score (nSPS) is 10.6. The second-order valence-electron chi connectivity index (χ2n) is 4.57. The fourth-order valence-electron chi connectivity index (χ4n) is 2.15. The lowest BCUT2D eigenvalue weighted by Crippen LogP contribution is -2.04. The van der Waals surface area contributed by atoms with Gasteiger partial charge in [-0.15, -0.1) is 10.2 Å². The van der Waals surface area contributed by atoms with Gasteiger partial charge in [-0.25, -0.2) is 4.98 Å². The van der Waals surface area contributed by atoms with E-state index in [0.717, 1.165) is 5.56 Å². The molecule has 0 spiro atoms. The summed E-state index contributed by atoms with van der Waals surface area (Å²) in [5.74, 6) is 2.31. The van der Waals surface area contributed by atoms with Gasteiger partial charge in [-0.1, -0.05) is 6.07 Å². The summed E-state index contributed by atoms with van der Waals surface area (Å²) < 4.78 is 12.2. The molecule has 0 aliphatic heterocycles. The van der Waals surface area contributed by atoms with E-state index in [1.54, 1.807) is 31.0 Å². The number of methoxy groups -OCH3 is 2. The topological polar surface area (TPSA) is 99.6 Å². The van der Waals surface area contributed by atoms with Crippen LogP contribution in [0.15, 0.2) is 30.6 Å². The van der Waals surface area contributed by atoms with E-state index < -0.39 is 0 Å². The van der Waals surface area contributed by atoms with Crippen molar-refractivity contribution in [3.63, 3.8) is 0 Å². The van der Waals surface area contributed by atoms with Gasteiger partial charge in [-0.2, -0.15) is 0 Å². The van der Waals surface area contributed by atoms with E-state index in [0.29, 0.717) is 35.5 Å². The number of fused-ring (bicyclic) bond motifs is 1. The monoisotopic (exact) mass is 300 g/mol. The fraction of sp³-hybridized carbons (Fsp3) is 0.214. The van der Waals surface area contributed by atoms with Crippen molar-refractivity contribution < 1.29 is 9.47 Å². The van der Waals surface area contributed by atoms with Gasteiger partial charge in [0.2, 0.25) is 11.6 Å². The zero-order chi connectivity index (χ0) is 15.5. The molecule has 0 radical (unpaired) electrons. The maximum Gasteiger partial charge on any atom is 0.226 e. The molecule has 2 heterocycles. The molecule has 0 fully saturated rings. The summed E-state index contributed by atoms with van der Waals surface area (Å²) in [6, 6.07) is 5.72. The summed E-state index contributed by atoms with van der Waals surface area (Å²) in [5.41, 5.74) is 7.33. The molecule has 0 saturated heterocycles. The SMILES string of the molecule is COc1ccc(CNc2nccn3c(N)nnc23)cc1OC. The van der Waals surface area contributed by atoms with E-state index in [1.165, 1.54) is 0 Å². The molecular formula is C14H16N6O2. The van der Waals surface area contributed by atoms with Crippen LogP contribution >= 0.6 is 0 Å². The summed E-state index contributed by atoms with van der Waals surface area (Å²) in [6.45, 7) is 0.555. The van der Waals surface area contributed by atoms with Gasteiger partial charge >= 0.3 is 0 Å². The van der Waals surface area contributed by atoms with Gasteiger partial charge in [0.15, 0.2) is 17.3 Å². The Morgan fingerprint density at radius 2 is 2.00 bits per heavy atom. The molecule has 114 valence electrons. The van der Waals surface area contributed by atoms with E-state index in [2.05, 4.69) is 20.5 Å². The summed E-state index contributed by atoms with van der Waals surface area (Å²) in [4.78, 5) is 4.27. The molecular weight excluding hydrogens is 284 g/mol. The number of benzene rings is 1. The minimum absolute atomic E-state index is 0.326. The number of aromatic nitrogens is 4. The standard InChI is InChI=1S/C14H16N6O2/c1-21-10-4-3-9(7-11(10)22-2)8-17-12-13-18-19-14(15)20(13)6-5-16-12/h3-7H,8H2,1-2H3,(H2,15,19)(H,16,17). The smallest absolute Gasteiger partial charge is 0.226 e. The minimum atomic E-state index is 0.326. The number of nitrogens with zero attached hydrogens (tertiary/aromatic N) is 4. The Hall–Kier alpha value is -3.03. The molecule has 0 amide bonds. The van der Waals surface area contributed by atoms with Gasteiger partial charge in [-0.05, 0) is 17.7 Å². The maximum absolute atomic E-state index is 5.73. The number of hydrogen-bond donors (Lipinski definition) is 2. The first-order valence-corrected chi connectivity index (χ1v) is 6.63. The number of nitrogen functional groups attached to an aromatic ring is 1. The zero-order valence-electron chi connectivity index (χ0n) is 12.3. The number of nitrogens with one attached hydrogen (secondary N) is 1. The molecule has 3 N–H and O–H groups in total. The van der Waals surface area contributed by atoms with Gasteiger partial charge < -0.3 is 20.5 Å². The molecule has 0 saturated carbocycles. The first kappa shape index (κ1) is 13.9. The Labute approximate surface area is 126 Å². The van der Waals surface area contributed by atoms with Gasteiger partial charge in [0.05, 0.1) is 14.2 Å². The Kier molecular flexibility index (Phi) is 3.65. The van der Waals surface area contributed by atoms with Crippen LogP contribution in [0.4, 0.5) is 11.8 Å². The number of anilines is 2. The van der Waals surface area contributed by atoms with Crippen molar-refractivity contribution in [3.05, 3.63) is 36.2 Å². The van der Waals surface area contributed by atoms with Gasteiger partial charge in [0, 0.05) is 18.9 Å². The van der Waals surface area contributed by atoms with Crippen LogP contribution in [-0.4, -0.2) is 33.8 Å². The molecule has 0 aliphatic rings. The van der Waals surface area contributed by atoms with E-state index in [-0.39, 0.29) is 0 Å². The lowest BCUT2D eigenvalue weighted by molar-refractivity contribution is 0.354. The van der Waals surface area contributed by atoms with Crippen LogP contribution in [0.2, 0.25) is 0 Å². The molecule has 0 unspecified atom stereocenters. The van der Waals surface area contributed by atoms with E-state index in [4.69, 9.17) is 15.2 Å². The molecule has 3 aromatic rings. The number of rotatable bonds is 5. The number of hydrogen-bond acceptors (Lipinski definition) is 7. The van der Waals surface area contributed by atoms with E-state index in [9.17, 15) is 0 Å². The third kappa shape index (κ3) is 2.46. The van der Waals surface area contributed by atoms with Gasteiger partial charge in [0.1, 0.15) is 0 Å². The number of ether oxygens (including phenoxy) is 2. The molecule has 3 rings (SSSR count). The molecule has 8 heteroatoms. The van der Waals surface area contributed by atoms with Gasteiger partial charge in [-0.3, -0.25) is 4.40 Å². The summed E-state index contributed by atoms with van der Waals surface area (Å²) in [7, 11) is 3.21. The highest BCUT2D eigenvalue weighted by molar-refractivity contribution is 5.63. The largest absolute Gasteiger partial charge is 0.493 e. The maximum atomic E-state index is 5.73. The third-order valence-corrected chi connectivity index (χ3v) is 3.26. The first-order chi connectivity index (χ1) is 10.7. The van der Waals surface area contributed by atoms with Crippen LogP contribution in [-0.2, 0) is 6.54 Å². The lowest BCUT2D eigenvalue weighted by Gasteiger charge is -2.10. The summed E-state index contributed by atoms with van der Waals surface area (Å²) in [5, 5.41) is 11.1. The highest BCUT2D eigenvalue weighted by Crippen LogP contribution is 2.27. The van der Waals surface area contributed by atoms with Crippen molar-refractivity contribution in [2.75, 3.05) is 25.3 Å². The Bertz CT molecular complexity index is 801. The molecule has 22 heavy (non-hydrogen) atoms. The summed E-state index contributed by atoms with van der Waals surface area (Å²) in [6.07, 6.45) is 3.36. The first-order valence-electron chi connectivity index (χ1n) is 6.63. The lowest BCUT2D eigenvalue weighted by atomic mass is 10.2. The molecule has 8 nitrogen and oxygen atoms in total. The van der Waals surface area contributed by atoms with Crippen LogP contribution in [0.25, 0.3) is 5.65 Å². The Morgan fingerprint density at radius 3 is 2.77 bits per heavy atom. The molecule has 0 aliphatic carbocycles. The third-order valence-electron chi connectivity index (χ3n) is 3.26. The molecule has 1 aromatic carbocycles. The highest BCUT2D eigenvalue weighted by atomic mass is 16.5. The van der Waals surface area contributed by atoms with Crippen molar-refractivity contribution in [2.45, 2.75) is 6.54 Å². The summed E-state index contributed by atoms with van der Waals surface area (Å²) >= 11 is 0. The van der Waals surface area contributed by atoms with Crippen molar-refractivity contribution in [1.29, 1.82) is 0 Å². The van der Waals surface area contributed by atoms with Gasteiger partial charge in [0.25, 0.3) is 0 Å². The fourth-order valence-corrected chi connectivity index (χ4v) is 2.15. The molecule has 0 atom stereocenters. The second-order valence-corrected chi connectivity index (χ2v) is 4.57. The van der Waals surface area contributed by atoms with Crippen LogP contribution in [0.3, 0.4) is 0 Å². The predicted octanol–water partition coefficient (Wildman–Crippen LogP) is 1.34. The Balaban J connectivity index is 1.82. The van der Waals surface area contributed by atoms with E-state index >= 15 is 0 Å². The number of nitrogens with two attached hydrogens (primary N) is 1. The molecule has 2 aromatic heterocycles. The van der Waals surface area contributed by atoms with Crippen molar-refractivity contribution >= 4 is 17.4 Å². The van der Waals surface area contributed by atoms with E-state index in [1.807, 2.05) is 18.2 Å². The second kappa shape index (κ2) is 5.76.